The van der Waals surface area contributed by atoms with Crippen LogP contribution in [0.25, 0.3) is 87.6 Å². The van der Waals surface area contributed by atoms with Gasteiger partial charge in [-0.1, -0.05) is 195 Å². The van der Waals surface area contributed by atoms with Crippen molar-refractivity contribution in [2.24, 2.45) is 5.92 Å². The van der Waals surface area contributed by atoms with Gasteiger partial charge in [0.15, 0.2) is 0 Å². The van der Waals surface area contributed by atoms with Crippen molar-refractivity contribution in [2.45, 2.75) is 34.1 Å². The van der Waals surface area contributed by atoms with Crippen molar-refractivity contribution < 1.29 is 0 Å². The summed E-state index contributed by atoms with van der Waals surface area (Å²) < 4.78 is 0. The van der Waals surface area contributed by atoms with E-state index in [9.17, 15) is 0 Å². The van der Waals surface area contributed by atoms with E-state index in [1.54, 1.807) is 0 Å². The quantitative estimate of drug-likeness (QED) is 0.0834. The molecule has 0 heteroatoms. The third kappa shape index (κ3) is 6.22. The minimum atomic E-state index is 0.374. The first-order valence-corrected chi connectivity index (χ1v) is 20.0. The van der Waals surface area contributed by atoms with Gasteiger partial charge in [0.1, 0.15) is 0 Å². The normalized spacial score (nSPS) is 12.9. The zero-order chi connectivity index (χ0) is 38.2. The summed E-state index contributed by atoms with van der Waals surface area (Å²) in [6.45, 7) is 8.95. The van der Waals surface area contributed by atoms with Crippen LogP contribution in [0.5, 0.6) is 0 Å². The number of benzene rings is 9. The number of fused-ring (bicyclic) bond motifs is 4. The van der Waals surface area contributed by atoms with Gasteiger partial charge in [0, 0.05) is 0 Å². The summed E-state index contributed by atoms with van der Waals surface area (Å²) in [6.07, 6.45) is 5.57. The van der Waals surface area contributed by atoms with E-state index in [0.29, 0.717) is 5.92 Å². The van der Waals surface area contributed by atoms with Crippen LogP contribution in [0.3, 0.4) is 0 Å². The third-order valence-electron chi connectivity index (χ3n) is 11.7. The van der Waals surface area contributed by atoms with Gasteiger partial charge in [-0.05, 0) is 137 Å². The van der Waals surface area contributed by atoms with E-state index in [-0.39, 0.29) is 0 Å². The van der Waals surface area contributed by atoms with E-state index in [0.717, 1.165) is 6.42 Å². The van der Waals surface area contributed by atoms with Crippen molar-refractivity contribution >= 4 is 54.2 Å². The summed E-state index contributed by atoms with van der Waals surface area (Å²) in [5, 5.41) is 10.1. The van der Waals surface area contributed by atoms with Gasteiger partial charge in [0.05, 0.1) is 0 Å². The Kier molecular flexibility index (Phi) is 9.41. The standard InChI is InChI=1S/C56H46/c1-5-16-46(54(38(4)6-2)44-34-33-39-17-7-8-18-41(39)35-44)42-19-13-20-43(36-42)55-50-21-9-11-23-52(50)56(53-24-12-10-22-51(53)55)49-28-15-26-47-45(25-14-27-48(47)49)40-31-29-37(3)30-32-40/h5,7-36,38H,6H2,1-4H3/b16-5-,54-46-/t38-/m1/s1. The molecule has 0 fully saturated rings. The van der Waals surface area contributed by atoms with Gasteiger partial charge < -0.3 is 0 Å². The Labute approximate surface area is 331 Å². The molecule has 0 aliphatic carbocycles. The van der Waals surface area contributed by atoms with Crippen LogP contribution in [0.15, 0.2) is 188 Å². The van der Waals surface area contributed by atoms with Crippen molar-refractivity contribution in [3.05, 3.63) is 205 Å². The number of rotatable bonds is 8. The molecule has 0 heterocycles. The van der Waals surface area contributed by atoms with Gasteiger partial charge in [-0.15, -0.1) is 0 Å². The molecular weight excluding hydrogens is 673 g/mol. The van der Waals surface area contributed by atoms with E-state index in [2.05, 4.69) is 216 Å². The summed E-state index contributed by atoms with van der Waals surface area (Å²) in [5.41, 5.74) is 14.0. The predicted octanol–water partition coefficient (Wildman–Crippen LogP) is 16.1. The molecule has 0 aromatic heterocycles. The van der Waals surface area contributed by atoms with Crippen LogP contribution in [-0.4, -0.2) is 0 Å². The molecule has 0 saturated heterocycles. The SMILES string of the molecule is C/C=C\C(=C(\c1ccc2ccccc2c1)[C@H](C)CC)c1cccc(-c2c3ccccc3c(-c3cccc4c(-c5ccc(C)cc5)cccc34)c3ccccc23)c1. The first kappa shape index (κ1) is 35.2. The van der Waals surface area contributed by atoms with E-state index in [4.69, 9.17) is 0 Å². The topological polar surface area (TPSA) is 0 Å². The zero-order valence-electron chi connectivity index (χ0n) is 32.7. The molecule has 0 N–H and O–H groups in total. The van der Waals surface area contributed by atoms with Crippen LogP contribution < -0.4 is 0 Å². The molecule has 0 saturated carbocycles. The molecule has 9 aromatic carbocycles. The van der Waals surface area contributed by atoms with Gasteiger partial charge >= 0.3 is 0 Å². The van der Waals surface area contributed by atoms with Crippen molar-refractivity contribution in [3.63, 3.8) is 0 Å². The molecule has 0 amide bonds. The summed E-state index contributed by atoms with van der Waals surface area (Å²) in [5.74, 6) is 0.374. The average Bonchev–Trinajstić information content (AvgIpc) is 3.25. The fourth-order valence-electron chi connectivity index (χ4n) is 8.86. The molecule has 0 spiro atoms. The highest BCUT2D eigenvalue weighted by Gasteiger charge is 2.21. The summed E-state index contributed by atoms with van der Waals surface area (Å²) in [7, 11) is 0. The Bertz CT molecular complexity index is 2910. The molecule has 1 atom stereocenters. The highest BCUT2D eigenvalue weighted by atomic mass is 14.2. The highest BCUT2D eigenvalue weighted by Crippen LogP contribution is 2.47. The van der Waals surface area contributed by atoms with Gasteiger partial charge in [-0.25, -0.2) is 0 Å². The van der Waals surface area contributed by atoms with Crippen LogP contribution in [0.2, 0.25) is 0 Å². The molecule has 0 aliphatic heterocycles. The monoisotopic (exact) mass is 718 g/mol. The average molecular weight is 719 g/mol. The highest BCUT2D eigenvalue weighted by molar-refractivity contribution is 6.24. The van der Waals surface area contributed by atoms with E-state index >= 15 is 0 Å². The largest absolute Gasteiger partial charge is 0.0870 e. The van der Waals surface area contributed by atoms with Gasteiger partial charge in [-0.3, -0.25) is 0 Å². The predicted molar refractivity (Wildman–Crippen MR) is 245 cm³/mol. The maximum absolute atomic E-state index is 2.43. The Hall–Kier alpha value is -6.50. The Balaban J connectivity index is 1.28. The fourth-order valence-corrected chi connectivity index (χ4v) is 8.86. The van der Waals surface area contributed by atoms with Crippen molar-refractivity contribution in [1.29, 1.82) is 0 Å². The van der Waals surface area contributed by atoms with Gasteiger partial charge in [0.2, 0.25) is 0 Å². The molecule has 9 aromatic rings. The van der Waals surface area contributed by atoms with E-state index in [1.165, 1.54) is 104 Å². The van der Waals surface area contributed by atoms with Crippen LogP contribution in [0.4, 0.5) is 0 Å². The molecule has 270 valence electrons. The Morgan fingerprint density at radius 1 is 0.482 bits per heavy atom. The van der Waals surface area contributed by atoms with E-state index < -0.39 is 0 Å². The van der Waals surface area contributed by atoms with Crippen molar-refractivity contribution in [3.8, 4) is 33.4 Å². The fraction of sp³-hybridized carbons (Fsp3) is 0.107. The summed E-state index contributed by atoms with van der Waals surface area (Å²) in [6, 6.07) is 65.5. The second kappa shape index (κ2) is 15.0. The molecule has 0 aliphatic rings. The lowest BCUT2D eigenvalue weighted by atomic mass is 9.82. The number of hydrogen-bond donors (Lipinski definition) is 0. The van der Waals surface area contributed by atoms with E-state index in [1.807, 2.05) is 0 Å². The Morgan fingerprint density at radius 2 is 1.05 bits per heavy atom. The van der Waals surface area contributed by atoms with Crippen LogP contribution in [0.1, 0.15) is 43.9 Å². The lowest BCUT2D eigenvalue weighted by Gasteiger charge is -2.22. The molecule has 9 rings (SSSR count). The van der Waals surface area contributed by atoms with Gasteiger partial charge in [0.25, 0.3) is 0 Å². The maximum atomic E-state index is 2.43. The van der Waals surface area contributed by atoms with Gasteiger partial charge in [-0.2, -0.15) is 0 Å². The van der Waals surface area contributed by atoms with Crippen LogP contribution in [0, 0.1) is 12.8 Å². The smallest absolute Gasteiger partial charge is 0.00201 e. The van der Waals surface area contributed by atoms with Crippen LogP contribution in [-0.2, 0) is 0 Å². The number of aryl methyl sites for hydroxylation is 1. The first-order valence-electron chi connectivity index (χ1n) is 20.0. The maximum Gasteiger partial charge on any atom is -0.00201 e. The lowest BCUT2D eigenvalue weighted by molar-refractivity contribution is 0.719. The molecule has 0 unspecified atom stereocenters. The molecular formula is C56H46. The molecule has 0 bridgehead atoms. The van der Waals surface area contributed by atoms with Crippen molar-refractivity contribution in [2.75, 3.05) is 0 Å². The summed E-state index contributed by atoms with van der Waals surface area (Å²) >= 11 is 0. The Morgan fingerprint density at radius 3 is 1.71 bits per heavy atom. The second-order valence-corrected chi connectivity index (χ2v) is 15.2. The number of allylic oxidation sites excluding steroid dienone is 4. The van der Waals surface area contributed by atoms with Crippen molar-refractivity contribution in [1.82, 2.24) is 0 Å². The molecule has 56 heavy (non-hydrogen) atoms. The minimum absolute atomic E-state index is 0.374. The number of hydrogen-bond acceptors (Lipinski definition) is 0. The lowest BCUT2D eigenvalue weighted by Crippen LogP contribution is -2.01. The molecule has 0 nitrogen and oxygen atoms in total. The first-order chi connectivity index (χ1) is 27.5. The third-order valence-corrected chi connectivity index (χ3v) is 11.7. The second-order valence-electron chi connectivity index (χ2n) is 15.2. The molecule has 0 radical (unpaired) electrons. The summed E-state index contributed by atoms with van der Waals surface area (Å²) in [4.78, 5) is 0. The van der Waals surface area contributed by atoms with Crippen LogP contribution >= 0.6 is 0 Å². The minimum Gasteiger partial charge on any atom is -0.0870 e. The zero-order valence-corrected chi connectivity index (χ0v) is 32.7.